The third-order valence-corrected chi connectivity index (χ3v) is 3.78. The van der Waals surface area contributed by atoms with Crippen molar-refractivity contribution in [1.82, 2.24) is 15.0 Å². The van der Waals surface area contributed by atoms with Gasteiger partial charge in [0.15, 0.2) is 0 Å². The summed E-state index contributed by atoms with van der Waals surface area (Å²) in [5, 5.41) is 9.98. The first-order valence-electron chi connectivity index (χ1n) is 5.80. The molecule has 0 fully saturated rings. The minimum Gasteiger partial charge on any atom is -0.477 e. The molecule has 5 nitrogen and oxygen atoms in total. The van der Waals surface area contributed by atoms with Crippen LogP contribution < -0.4 is 0 Å². The van der Waals surface area contributed by atoms with Crippen molar-refractivity contribution < 1.29 is 9.90 Å². The Kier molecular flexibility index (Phi) is 3.22. The highest BCUT2D eigenvalue weighted by Gasteiger charge is 2.19. The van der Waals surface area contributed by atoms with E-state index in [1.165, 1.54) is 0 Å². The van der Waals surface area contributed by atoms with Gasteiger partial charge in [0.25, 0.3) is 0 Å². The lowest BCUT2D eigenvalue weighted by Crippen LogP contribution is -1.95. The molecule has 3 rings (SSSR count). The van der Waals surface area contributed by atoms with Crippen LogP contribution in [0, 0.1) is 0 Å². The fourth-order valence-electron chi connectivity index (χ4n) is 1.78. The number of rotatable bonds is 3. The lowest BCUT2D eigenvalue weighted by Gasteiger charge is -1.97. The van der Waals surface area contributed by atoms with Gasteiger partial charge in [0.05, 0.1) is 5.69 Å². The van der Waals surface area contributed by atoms with Crippen molar-refractivity contribution in [1.29, 1.82) is 0 Å². The lowest BCUT2D eigenvalue weighted by atomic mass is 10.2. The minimum atomic E-state index is -0.985. The molecule has 98 valence electrons. The average Bonchev–Trinajstić information content (AvgIpc) is 2.94. The fraction of sp³-hybridized carbons (Fsp3) is 0. The molecule has 3 aromatic rings. The molecule has 6 heteroatoms. The van der Waals surface area contributed by atoms with Gasteiger partial charge in [-0.1, -0.05) is 0 Å². The monoisotopic (exact) mass is 283 g/mol. The van der Waals surface area contributed by atoms with Gasteiger partial charge in [-0.25, -0.2) is 9.78 Å². The molecule has 0 spiro atoms. The zero-order valence-electron chi connectivity index (χ0n) is 10.2. The Hall–Kier alpha value is -2.60. The molecule has 0 aliphatic carbocycles. The summed E-state index contributed by atoms with van der Waals surface area (Å²) in [4.78, 5) is 24.0. The van der Waals surface area contributed by atoms with E-state index in [4.69, 9.17) is 0 Å². The number of hydrogen-bond donors (Lipinski definition) is 1. The number of carbonyl (C=O) groups is 1. The summed E-state index contributed by atoms with van der Waals surface area (Å²) in [5.74, 6) is -0.985. The average molecular weight is 283 g/mol. The summed E-state index contributed by atoms with van der Waals surface area (Å²) in [6, 6.07) is 7.16. The highest BCUT2D eigenvalue weighted by molar-refractivity contribution is 7.17. The number of aromatic carboxylic acids is 1. The number of carboxylic acid groups (broad SMARTS) is 1. The topological polar surface area (TPSA) is 76.0 Å². The van der Waals surface area contributed by atoms with Crippen molar-refractivity contribution >= 4 is 17.3 Å². The Bertz CT molecular complexity index is 742. The van der Waals surface area contributed by atoms with E-state index in [0.29, 0.717) is 16.3 Å². The molecule has 0 radical (unpaired) electrons. The van der Waals surface area contributed by atoms with Crippen LogP contribution in [0.2, 0.25) is 0 Å². The van der Waals surface area contributed by atoms with Gasteiger partial charge in [-0.2, -0.15) is 0 Å². The van der Waals surface area contributed by atoms with Crippen LogP contribution in [0.15, 0.2) is 49.1 Å². The first-order valence-corrected chi connectivity index (χ1v) is 6.62. The third-order valence-electron chi connectivity index (χ3n) is 2.68. The Morgan fingerprint density at radius 1 is 1.05 bits per heavy atom. The van der Waals surface area contributed by atoms with Crippen LogP contribution in [0.25, 0.3) is 21.8 Å². The van der Waals surface area contributed by atoms with E-state index in [1.54, 1.807) is 49.1 Å². The predicted molar refractivity (Wildman–Crippen MR) is 75.5 cm³/mol. The molecule has 3 aromatic heterocycles. The molecule has 3 heterocycles. The van der Waals surface area contributed by atoms with Crippen LogP contribution in [-0.2, 0) is 0 Å². The van der Waals surface area contributed by atoms with Crippen molar-refractivity contribution in [3.05, 3.63) is 53.9 Å². The Balaban J connectivity index is 2.15. The molecule has 1 N–H and O–H groups in total. The van der Waals surface area contributed by atoms with E-state index in [-0.39, 0.29) is 4.88 Å². The van der Waals surface area contributed by atoms with Crippen molar-refractivity contribution in [3.63, 3.8) is 0 Å². The van der Waals surface area contributed by atoms with Gasteiger partial charge in [0.2, 0.25) is 0 Å². The number of hydrogen-bond acceptors (Lipinski definition) is 5. The Morgan fingerprint density at radius 2 is 1.85 bits per heavy atom. The molecule has 0 unspecified atom stereocenters. The Morgan fingerprint density at radius 3 is 2.50 bits per heavy atom. The van der Waals surface area contributed by atoms with E-state index < -0.39 is 5.97 Å². The van der Waals surface area contributed by atoms with Crippen molar-refractivity contribution in [2.75, 3.05) is 0 Å². The maximum Gasteiger partial charge on any atom is 0.348 e. The molecule has 0 saturated carbocycles. The van der Waals surface area contributed by atoms with Gasteiger partial charge in [-0.15, -0.1) is 11.3 Å². The van der Waals surface area contributed by atoms with Crippen LogP contribution in [0.4, 0.5) is 0 Å². The molecule has 0 aliphatic rings. The van der Waals surface area contributed by atoms with Gasteiger partial charge >= 0.3 is 5.97 Å². The second-order valence-corrected chi connectivity index (χ2v) is 4.98. The van der Waals surface area contributed by atoms with E-state index in [0.717, 1.165) is 16.9 Å². The minimum absolute atomic E-state index is 0.213. The zero-order chi connectivity index (χ0) is 13.9. The second-order valence-electron chi connectivity index (χ2n) is 3.98. The normalized spacial score (nSPS) is 10.4. The van der Waals surface area contributed by atoms with Gasteiger partial charge in [0, 0.05) is 35.9 Å². The molecule has 0 atom stereocenters. The molecule has 0 aromatic carbocycles. The molecule has 0 amide bonds. The summed E-state index contributed by atoms with van der Waals surface area (Å²) in [6.07, 6.45) is 6.56. The van der Waals surface area contributed by atoms with E-state index in [1.807, 2.05) is 0 Å². The highest BCUT2D eigenvalue weighted by Crippen LogP contribution is 2.33. The number of thiazole rings is 1. The standard InChI is InChI=1S/C14H9N3O2S/c18-14(19)12-11(10-2-1-5-16-8-10)17-13(20-12)9-3-6-15-7-4-9/h1-8H,(H,18,19). The largest absolute Gasteiger partial charge is 0.477 e. The van der Waals surface area contributed by atoms with E-state index >= 15 is 0 Å². The maximum atomic E-state index is 11.4. The second kappa shape index (κ2) is 5.18. The van der Waals surface area contributed by atoms with E-state index in [9.17, 15) is 9.90 Å². The van der Waals surface area contributed by atoms with Crippen LogP contribution in [0.3, 0.4) is 0 Å². The maximum absolute atomic E-state index is 11.4. The number of aromatic nitrogens is 3. The predicted octanol–water partition coefficient (Wildman–Crippen LogP) is 2.97. The molecule has 0 saturated heterocycles. The van der Waals surface area contributed by atoms with Crippen LogP contribution in [0.1, 0.15) is 9.67 Å². The summed E-state index contributed by atoms with van der Waals surface area (Å²) in [5.41, 5.74) is 1.99. The SMILES string of the molecule is O=C(O)c1sc(-c2ccncc2)nc1-c1cccnc1. The smallest absolute Gasteiger partial charge is 0.348 e. The van der Waals surface area contributed by atoms with Crippen LogP contribution in [0.5, 0.6) is 0 Å². The highest BCUT2D eigenvalue weighted by atomic mass is 32.1. The van der Waals surface area contributed by atoms with Crippen molar-refractivity contribution in [2.24, 2.45) is 0 Å². The summed E-state index contributed by atoms with van der Waals surface area (Å²) < 4.78 is 0. The summed E-state index contributed by atoms with van der Waals surface area (Å²) >= 11 is 1.15. The summed E-state index contributed by atoms with van der Waals surface area (Å²) in [6.45, 7) is 0. The first-order chi connectivity index (χ1) is 9.75. The van der Waals surface area contributed by atoms with Crippen molar-refractivity contribution in [3.8, 4) is 21.8 Å². The van der Waals surface area contributed by atoms with Gasteiger partial charge in [-0.05, 0) is 24.3 Å². The molecule has 20 heavy (non-hydrogen) atoms. The number of nitrogens with zero attached hydrogens (tertiary/aromatic N) is 3. The fourth-order valence-corrected chi connectivity index (χ4v) is 2.71. The Labute approximate surface area is 118 Å². The lowest BCUT2D eigenvalue weighted by molar-refractivity contribution is 0.0702. The van der Waals surface area contributed by atoms with Gasteiger partial charge < -0.3 is 5.11 Å². The first kappa shape index (κ1) is 12.4. The van der Waals surface area contributed by atoms with Crippen LogP contribution in [-0.4, -0.2) is 26.0 Å². The summed E-state index contributed by atoms with van der Waals surface area (Å²) in [7, 11) is 0. The van der Waals surface area contributed by atoms with Gasteiger partial charge in [-0.3, -0.25) is 9.97 Å². The quantitative estimate of drug-likeness (QED) is 0.799. The molecule has 0 aliphatic heterocycles. The molecular formula is C14H9N3O2S. The van der Waals surface area contributed by atoms with Crippen LogP contribution >= 0.6 is 11.3 Å². The number of carboxylic acids is 1. The number of pyridine rings is 2. The zero-order valence-corrected chi connectivity index (χ0v) is 11.0. The van der Waals surface area contributed by atoms with E-state index in [2.05, 4.69) is 15.0 Å². The van der Waals surface area contributed by atoms with Gasteiger partial charge in [0.1, 0.15) is 9.88 Å². The van der Waals surface area contributed by atoms with Crippen molar-refractivity contribution in [2.45, 2.75) is 0 Å². The molecule has 0 bridgehead atoms. The molecular weight excluding hydrogens is 274 g/mol. The third kappa shape index (κ3) is 2.28.